The number of rotatable bonds is 8. The van der Waals surface area contributed by atoms with Crippen molar-refractivity contribution in [2.45, 2.75) is 40.0 Å². The zero-order chi connectivity index (χ0) is 14.1. The Hall–Kier alpha value is -1.58. The molecule has 0 aromatic carbocycles. The van der Waals surface area contributed by atoms with Gasteiger partial charge in [0.05, 0.1) is 5.56 Å². The molecule has 19 heavy (non-hydrogen) atoms. The summed E-state index contributed by atoms with van der Waals surface area (Å²) in [5, 5.41) is 6.13. The van der Waals surface area contributed by atoms with Gasteiger partial charge in [0.2, 0.25) is 0 Å². The molecule has 0 bridgehead atoms. The van der Waals surface area contributed by atoms with Crippen LogP contribution in [0.1, 0.15) is 50.4 Å². The van der Waals surface area contributed by atoms with E-state index in [4.69, 9.17) is 0 Å². The topological polar surface area (TPSA) is 54.0 Å². The quantitative estimate of drug-likeness (QED) is 0.709. The molecule has 0 aliphatic carbocycles. The first-order chi connectivity index (χ1) is 9.15. The number of nitrogens with one attached hydrogen (secondary N) is 2. The van der Waals surface area contributed by atoms with Crippen LogP contribution in [-0.2, 0) is 0 Å². The molecule has 4 heteroatoms. The summed E-state index contributed by atoms with van der Waals surface area (Å²) in [5.74, 6) is 1.30. The van der Waals surface area contributed by atoms with Gasteiger partial charge in [-0.05, 0) is 37.3 Å². The Labute approximate surface area is 116 Å². The second kappa shape index (κ2) is 8.51. The molecular weight excluding hydrogens is 238 g/mol. The third-order valence-electron chi connectivity index (χ3n) is 2.84. The Kier molecular flexibility index (Phi) is 6.93. The minimum Gasteiger partial charge on any atom is -0.369 e. The van der Waals surface area contributed by atoms with Gasteiger partial charge in [0, 0.05) is 19.3 Å². The lowest BCUT2D eigenvalue weighted by molar-refractivity contribution is 0.0953. The van der Waals surface area contributed by atoms with Gasteiger partial charge in [-0.2, -0.15) is 0 Å². The average Bonchev–Trinajstić information content (AvgIpc) is 2.41. The largest absolute Gasteiger partial charge is 0.369 e. The van der Waals surface area contributed by atoms with Gasteiger partial charge in [-0.15, -0.1) is 0 Å². The summed E-state index contributed by atoms with van der Waals surface area (Å²) in [6.07, 6.45) is 4.86. The van der Waals surface area contributed by atoms with Crippen LogP contribution >= 0.6 is 0 Å². The molecule has 0 saturated heterocycles. The normalized spacial score (nSPS) is 10.5. The standard InChI is InChI=1S/C15H25N3O/c1-4-9-16-14-13(8-6-10-17-14)15(19)18-11-5-7-12(2)3/h6,8,10,12H,4-5,7,9,11H2,1-3H3,(H,16,17)(H,18,19). The predicted molar refractivity (Wildman–Crippen MR) is 79.4 cm³/mol. The molecule has 1 rings (SSSR count). The molecule has 0 spiro atoms. The number of amides is 1. The smallest absolute Gasteiger partial charge is 0.255 e. The van der Waals surface area contributed by atoms with E-state index in [1.807, 2.05) is 6.07 Å². The maximum atomic E-state index is 12.1. The molecular formula is C15H25N3O. The maximum Gasteiger partial charge on any atom is 0.255 e. The Morgan fingerprint density at radius 2 is 2.16 bits per heavy atom. The number of carbonyl (C=O) groups is 1. The fraction of sp³-hybridized carbons (Fsp3) is 0.600. The zero-order valence-electron chi connectivity index (χ0n) is 12.2. The highest BCUT2D eigenvalue weighted by molar-refractivity contribution is 5.98. The van der Waals surface area contributed by atoms with Crippen molar-refractivity contribution in [1.82, 2.24) is 10.3 Å². The van der Waals surface area contributed by atoms with Crippen LogP contribution in [0.2, 0.25) is 0 Å². The van der Waals surface area contributed by atoms with Gasteiger partial charge in [-0.25, -0.2) is 4.98 Å². The van der Waals surface area contributed by atoms with Crippen molar-refractivity contribution in [1.29, 1.82) is 0 Å². The first-order valence-electron chi connectivity index (χ1n) is 7.12. The Morgan fingerprint density at radius 3 is 2.84 bits per heavy atom. The molecule has 0 aliphatic heterocycles. The fourth-order valence-electron chi connectivity index (χ4n) is 1.78. The van der Waals surface area contributed by atoms with Gasteiger partial charge >= 0.3 is 0 Å². The highest BCUT2D eigenvalue weighted by Crippen LogP contribution is 2.11. The number of pyridine rings is 1. The van der Waals surface area contributed by atoms with Gasteiger partial charge in [0.15, 0.2) is 0 Å². The molecule has 0 unspecified atom stereocenters. The third-order valence-corrected chi connectivity index (χ3v) is 2.84. The molecule has 4 nitrogen and oxygen atoms in total. The summed E-state index contributed by atoms with van der Waals surface area (Å²) in [7, 11) is 0. The molecule has 0 fully saturated rings. The summed E-state index contributed by atoms with van der Waals surface area (Å²) in [6.45, 7) is 8.01. The molecule has 0 saturated carbocycles. The molecule has 0 radical (unpaired) electrons. The molecule has 106 valence electrons. The monoisotopic (exact) mass is 263 g/mol. The van der Waals surface area contributed by atoms with E-state index in [2.05, 4.69) is 36.4 Å². The van der Waals surface area contributed by atoms with Crippen molar-refractivity contribution in [3.63, 3.8) is 0 Å². The van der Waals surface area contributed by atoms with E-state index in [0.29, 0.717) is 17.3 Å². The van der Waals surface area contributed by atoms with Crippen LogP contribution in [0.5, 0.6) is 0 Å². The highest BCUT2D eigenvalue weighted by Gasteiger charge is 2.10. The summed E-state index contributed by atoms with van der Waals surface area (Å²) >= 11 is 0. The van der Waals surface area contributed by atoms with Crippen LogP contribution in [0.25, 0.3) is 0 Å². The average molecular weight is 263 g/mol. The van der Waals surface area contributed by atoms with Crippen molar-refractivity contribution in [2.24, 2.45) is 5.92 Å². The van der Waals surface area contributed by atoms with E-state index in [9.17, 15) is 4.79 Å². The van der Waals surface area contributed by atoms with Gasteiger partial charge in [0.1, 0.15) is 5.82 Å². The zero-order valence-corrected chi connectivity index (χ0v) is 12.2. The lowest BCUT2D eigenvalue weighted by Gasteiger charge is -2.11. The molecule has 1 heterocycles. The van der Waals surface area contributed by atoms with Gasteiger partial charge in [-0.3, -0.25) is 4.79 Å². The van der Waals surface area contributed by atoms with E-state index >= 15 is 0 Å². The van der Waals surface area contributed by atoms with E-state index in [1.165, 1.54) is 0 Å². The summed E-state index contributed by atoms with van der Waals surface area (Å²) in [6, 6.07) is 3.60. The minimum absolute atomic E-state index is 0.0459. The lowest BCUT2D eigenvalue weighted by atomic mass is 10.1. The molecule has 1 aromatic heterocycles. The second-order valence-electron chi connectivity index (χ2n) is 5.12. The first kappa shape index (κ1) is 15.5. The Bertz CT molecular complexity index is 391. The summed E-state index contributed by atoms with van der Waals surface area (Å²) in [5.41, 5.74) is 0.625. The second-order valence-corrected chi connectivity index (χ2v) is 5.12. The van der Waals surface area contributed by atoms with E-state index in [1.54, 1.807) is 12.3 Å². The van der Waals surface area contributed by atoms with Crippen LogP contribution in [0.4, 0.5) is 5.82 Å². The number of nitrogens with zero attached hydrogens (tertiary/aromatic N) is 1. The van der Waals surface area contributed by atoms with Crippen molar-refractivity contribution in [3.05, 3.63) is 23.9 Å². The maximum absolute atomic E-state index is 12.1. The number of anilines is 1. The lowest BCUT2D eigenvalue weighted by Crippen LogP contribution is -2.26. The minimum atomic E-state index is -0.0459. The molecule has 0 atom stereocenters. The summed E-state index contributed by atoms with van der Waals surface area (Å²) < 4.78 is 0. The van der Waals surface area contributed by atoms with E-state index < -0.39 is 0 Å². The number of carbonyl (C=O) groups excluding carboxylic acids is 1. The van der Waals surface area contributed by atoms with Gasteiger partial charge in [0.25, 0.3) is 5.91 Å². The van der Waals surface area contributed by atoms with Crippen LogP contribution in [0, 0.1) is 5.92 Å². The van der Waals surface area contributed by atoms with Crippen LogP contribution in [0.3, 0.4) is 0 Å². The number of hydrogen-bond donors (Lipinski definition) is 2. The first-order valence-corrected chi connectivity index (χ1v) is 7.12. The van der Waals surface area contributed by atoms with Crippen LogP contribution in [-0.4, -0.2) is 24.0 Å². The molecule has 1 aromatic rings. The molecule has 0 aliphatic rings. The highest BCUT2D eigenvalue weighted by atomic mass is 16.1. The molecule has 2 N–H and O–H groups in total. The summed E-state index contributed by atoms with van der Waals surface area (Å²) in [4.78, 5) is 16.3. The van der Waals surface area contributed by atoms with Crippen molar-refractivity contribution in [3.8, 4) is 0 Å². The Balaban J connectivity index is 2.51. The Morgan fingerprint density at radius 1 is 1.37 bits per heavy atom. The SMILES string of the molecule is CCCNc1ncccc1C(=O)NCCCC(C)C. The van der Waals surface area contributed by atoms with Gasteiger partial charge in [-0.1, -0.05) is 20.8 Å². The van der Waals surface area contributed by atoms with Crippen molar-refractivity contribution >= 4 is 11.7 Å². The van der Waals surface area contributed by atoms with Crippen molar-refractivity contribution < 1.29 is 4.79 Å². The van der Waals surface area contributed by atoms with Gasteiger partial charge < -0.3 is 10.6 Å². The third kappa shape index (κ3) is 5.73. The van der Waals surface area contributed by atoms with Crippen molar-refractivity contribution in [2.75, 3.05) is 18.4 Å². The van der Waals surface area contributed by atoms with E-state index in [-0.39, 0.29) is 5.91 Å². The fourth-order valence-corrected chi connectivity index (χ4v) is 1.78. The van der Waals surface area contributed by atoms with Crippen LogP contribution < -0.4 is 10.6 Å². The number of aromatic nitrogens is 1. The van der Waals surface area contributed by atoms with E-state index in [0.717, 1.165) is 32.4 Å². The predicted octanol–water partition coefficient (Wildman–Crippen LogP) is 3.07. The molecule has 1 amide bonds. The van der Waals surface area contributed by atoms with Crippen LogP contribution in [0.15, 0.2) is 18.3 Å². The number of hydrogen-bond acceptors (Lipinski definition) is 3.